The van der Waals surface area contributed by atoms with Gasteiger partial charge in [0.25, 0.3) is 5.91 Å². The number of benzene rings is 2. The number of amides is 1. The first-order chi connectivity index (χ1) is 13.2. The molecular formula is C20H20N2O4S. The van der Waals surface area contributed by atoms with E-state index in [2.05, 4.69) is 4.99 Å². The highest BCUT2D eigenvalue weighted by Gasteiger charge is 2.27. The summed E-state index contributed by atoms with van der Waals surface area (Å²) in [5.74, 6) is 1.66. The summed E-state index contributed by atoms with van der Waals surface area (Å²) in [5.41, 5.74) is 0.963. The van der Waals surface area contributed by atoms with Crippen molar-refractivity contribution in [3.63, 3.8) is 0 Å². The second kappa shape index (κ2) is 7.44. The van der Waals surface area contributed by atoms with E-state index < -0.39 is 6.10 Å². The van der Waals surface area contributed by atoms with E-state index in [1.165, 1.54) is 11.3 Å². The predicted octanol–water partition coefficient (Wildman–Crippen LogP) is 3.39. The summed E-state index contributed by atoms with van der Waals surface area (Å²) in [5, 5.41) is 0. The number of ether oxygens (including phenoxy) is 3. The Balaban J connectivity index is 1.71. The standard InChI is InChI=1S/C20H20N2O4S/c1-3-22-18-15(24-4-2)10-7-11-17(18)27-20(22)21-19(23)16-12-25-13-8-5-6-9-14(13)26-16/h5-11,16H,3-4,12H2,1-2H3. The van der Waals surface area contributed by atoms with E-state index in [9.17, 15) is 4.79 Å². The maximum atomic E-state index is 12.7. The second-order valence-electron chi connectivity index (χ2n) is 5.98. The molecule has 7 heteroatoms. The number of aromatic nitrogens is 1. The van der Waals surface area contributed by atoms with Crippen molar-refractivity contribution in [3.05, 3.63) is 47.3 Å². The quantitative estimate of drug-likeness (QED) is 0.692. The van der Waals surface area contributed by atoms with E-state index in [1.54, 1.807) is 6.07 Å². The Morgan fingerprint density at radius 1 is 1.22 bits per heavy atom. The molecule has 0 saturated carbocycles. The van der Waals surface area contributed by atoms with Crippen molar-refractivity contribution in [2.75, 3.05) is 13.2 Å². The van der Waals surface area contributed by atoms with Crippen LogP contribution in [0.25, 0.3) is 10.2 Å². The van der Waals surface area contributed by atoms with Gasteiger partial charge in [-0.05, 0) is 38.1 Å². The minimum Gasteiger partial charge on any atom is -0.492 e. The molecule has 27 heavy (non-hydrogen) atoms. The van der Waals surface area contributed by atoms with Crippen LogP contribution in [0.1, 0.15) is 13.8 Å². The molecule has 2 aromatic carbocycles. The number of hydrogen-bond acceptors (Lipinski definition) is 5. The van der Waals surface area contributed by atoms with Crippen LogP contribution in [0.15, 0.2) is 47.5 Å². The maximum Gasteiger partial charge on any atom is 0.292 e. The number of para-hydroxylation sites is 3. The number of carbonyl (C=O) groups is 1. The lowest BCUT2D eigenvalue weighted by Gasteiger charge is -2.23. The van der Waals surface area contributed by atoms with Gasteiger partial charge >= 0.3 is 0 Å². The zero-order valence-corrected chi connectivity index (χ0v) is 16.0. The van der Waals surface area contributed by atoms with Crippen molar-refractivity contribution in [3.8, 4) is 17.2 Å². The van der Waals surface area contributed by atoms with Gasteiger partial charge in [-0.3, -0.25) is 4.79 Å². The highest BCUT2D eigenvalue weighted by molar-refractivity contribution is 7.16. The van der Waals surface area contributed by atoms with Crippen LogP contribution in [-0.4, -0.2) is 29.8 Å². The third kappa shape index (κ3) is 3.30. The number of fused-ring (bicyclic) bond motifs is 2. The minimum atomic E-state index is -0.748. The van der Waals surface area contributed by atoms with Gasteiger partial charge in [0, 0.05) is 6.54 Å². The van der Waals surface area contributed by atoms with E-state index in [0.29, 0.717) is 29.5 Å². The minimum absolute atomic E-state index is 0.153. The Morgan fingerprint density at radius 3 is 2.81 bits per heavy atom. The lowest BCUT2D eigenvalue weighted by molar-refractivity contribution is -0.127. The first kappa shape index (κ1) is 17.6. The lowest BCUT2D eigenvalue weighted by atomic mass is 10.2. The van der Waals surface area contributed by atoms with Crippen molar-refractivity contribution in [1.82, 2.24) is 4.57 Å². The molecule has 0 fully saturated rings. The second-order valence-corrected chi connectivity index (χ2v) is 6.99. The number of hydrogen-bond donors (Lipinski definition) is 0. The SMILES string of the molecule is CCOc1cccc2sc(=NC(=O)C3COc4ccccc4O3)n(CC)c12. The lowest BCUT2D eigenvalue weighted by Crippen LogP contribution is -2.36. The summed E-state index contributed by atoms with van der Waals surface area (Å²) < 4.78 is 20.2. The molecule has 0 spiro atoms. The monoisotopic (exact) mass is 384 g/mol. The molecule has 0 N–H and O–H groups in total. The number of carbonyl (C=O) groups excluding carboxylic acids is 1. The molecule has 1 unspecified atom stereocenters. The van der Waals surface area contributed by atoms with Crippen LogP contribution in [0.2, 0.25) is 0 Å². The molecule has 6 nitrogen and oxygen atoms in total. The van der Waals surface area contributed by atoms with Gasteiger partial charge in [-0.2, -0.15) is 4.99 Å². The van der Waals surface area contributed by atoms with Crippen LogP contribution >= 0.6 is 11.3 Å². The highest BCUT2D eigenvalue weighted by Crippen LogP contribution is 2.31. The Hall–Kier alpha value is -2.80. The molecule has 0 radical (unpaired) electrons. The van der Waals surface area contributed by atoms with Crippen LogP contribution in [0.3, 0.4) is 0 Å². The van der Waals surface area contributed by atoms with Gasteiger partial charge < -0.3 is 18.8 Å². The summed E-state index contributed by atoms with van der Waals surface area (Å²) in [6.07, 6.45) is -0.748. The molecule has 3 aromatic rings. The average Bonchev–Trinajstić information content (AvgIpc) is 3.05. The summed E-state index contributed by atoms with van der Waals surface area (Å²) in [4.78, 5) is 17.7. The zero-order chi connectivity index (χ0) is 18.8. The Bertz CT molecular complexity index is 1050. The zero-order valence-electron chi connectivity index (χ0n) is 15.2. The van der Waals surface area contributed by atoms with Crippen molar-refractivity contribution in [2.24, 2.45) is 4.99 Å². The van der Waals surface area contributed by atoms with E-state index in [0.717, 1.165) is 16.0 Å². The summed E-state index contributed by atoms with van der Waals surface area (Å²) in [6.45, 7) is 5.39. The first-order valence-corrected chi connectivity index (χ1v) is 9.75. The molecule has 1 aliphatic heterocycles. The van der Waals surface area contributed by atoms with Gasteiger partial charge in [-0.1, -0.05) is 29.5 Å². The van der Waals surface area contributed by atoms with Gasteiger partial charge in [0.15, 0.2) is 16.3 Å². The third-order valence-electron chi connectivity index (χ3n) is 4.27. The van der Waals surface area contributed by atoms with Crippen LogP contribution in [0, 0.1) is 0 Å². The predicted molar refractivity (Wildman–Crippen MR) is 104 cm³/mol. The molecule has 2 heterocycles. The Labute approximate surface area is 160 Å². The molecule has 1 atom stereocenters. The molecule has 0 bridgehead atoms. The summed E-state index contributed by atoms with van der Waals surface area (Å²) in [7, 11) is 0. The van der Waals surface area contributed by atoms with Gasteiger partial charge in [0.05, 0.1) is 11.3 Å². The molecule has 1 aromatic heterocycles. The fourth-order valence-electron chi connectivity index (χ4n) is 3.06. The van der Waals surface area contributed by atoms with Crippen molar-refractivity contribution in [2.45, 2.75) is 26.5 Å². The fourth-order valence-corrected chi connectivity index (χ4v) is 4.17. The van der Waals surface area contributed by atoms with Crippen molar-refractivity contribution in [1.29, 1.82) is 0 Å². The van der Waals surface area contributed by atoms with E-state index in [-0.39, 0.29) is 12.5 Å². The maximum absolute atomic E-state index is 12.7. The Kier molecular flexibility index (Phi) is 4.85. The van der Waals surface area contributed by atoms with Crippen LogP contribution < -0.4 is 19.0 Å². The molecular weight excluding hydrogens is 364 g/mol. The van der Waals surface area contributed by atoms with Gasteiger partial charge in [0.2, 0.25) is 6.10 Å². The smallest absolute Gasteiger partial charge is 0.292 e. The van der Waals surface area contributed by atoms with Gasteiger partial charge in [-0.25, -0.2) is 0 Å². The normalized spacial score (nSPS) is 16.5. The third-order valence-corrected chi connectivity index (χ3v) is 5.31. The fraction of sp³-hybridized carbons (Fsp3) is 0.300. The molecule has 1 amide bonds. The number of rotatable bonds is 4. The van der Waals surface area contributed by atoms with Crippen molar-refractivity contribution >= 4 is 27.5 Å². The number of nitrogens with zero attached hydrogens (tertiary/aromatic N) is 2. The molecule has 0 saturated heterocycles. The topological polar surface area (TPSA) is 62.1 Å². The number of aryl methyl sites for hydroxylation is 1. The van der Waals surface area contributed by atoms with Crippen LogP contribution in [-0.2, 0) is 11.3 Å². The summed E-state index contributed by atoms with van der Waals surface area (Å²) in [6, 6.07) is 13.2. The summed E-state index contributed by atoms with van der Waals surface area (Å²) >= 11 is 1.47. The van der Waals surface area contributed by atoms with E-state index in [4.69, 9.17) is 14.2 Å². The average molecular weight is 384 g/mol. The molecule has 4 rings (SSSR count). The first-order valence-electron chi connectivity index (χ1n) is 8.93. The molecule has 140 valence electrons. The highest BCUT2D eigenvalue weighted by atomic mass is 32.1. The number of thiazole rings is 1. The van der Waals surface area contributed by atoms with Crippen LogP contribution in [0.4, 0.5) is 0 Å². The largest absolute Gasteiger partial charge is 0.492 e. The van der Waals surface area contributed by atoms with Crippen LogP contribution in [0.5, 0.6) is 17.2 Å². The van der Waals surface area contributed by atoms with Gasteiger partial charge in [-0.15, -0.1) is 0 Å². The van der Waals surface area contributed by atoms with E-state index in [1.807, 2.05) is 54.8 Å². The molecule has 1 aliphatic rings. The van der Waals surface area contributed by atoms with Gasteiger partial charge in [0.1, 0.15) is 17.9 Å². The Morgan fingerprint density at radius 2 is 2.04 bits per heavy atom. The van der Waals surface area contributed by atoms with E-state index >= 15 is 0 Å². The van der Waals surface area contributed by atoms with Crippen molar-refractivity contribution < 1.29 is 19.0 Å². The molecule has 0 aliphatic carbocycles.